The van der Waals surface area contributed by atoms with Gasteiger partial charge in [0.25, 0.3) is 0 Å². The Bertz CT molecular complexity index is 1800. The summed E-state index contributed by atoms with van der Waals surface area (Å²) in [7, 11) is 0. The number of unbranched alkanes of at least 4 members (excludes halogenated alkanes) is 26. The van der Waals surface area contributed by atoms with Gasteiger partial charge in [-0.25, -0.2) is 0 Å². The third-order valence-corrected chi connectivity index (χ3v) is 14.3. The molecule has 0 aromatic carbocycles. The SMILES string of the molecule is CC/C=C\C/C=C\C/C=C\C/C=C\C/C=C\C/C=C\C/C=C\CCCCCCCCCC(=O)OCC(COC(=O)CCCCCCCCCCCCCCCCC)OC(=O)CCCCCCC/C=C\C/C=C\C/C=C\C/C=C\C/C=C\CC. The van der Waals surface area contributed by atoms with E-state index < -0.39 is 6.10 Å². The molecular formula is C77H126O6. The molecule has 0 fully saturated rings. The van der Waals surface area contributed by atoms with Crippen LogP contribution in [0.3, 0.4) is 0 Å². The van der Waals surface area contributed by atoms with E-state index in [9.17, 15) is 14.4 Å². The lowest BCUT2D eigenvalue weighted by Gasteiger charge is -2.18. The quantitative estimate of drug-likeness (QED) is 0.0261. The minimum atomic E-state index is -0.800. The molecule has 0 N–H and O–H groups in total. The van der Waals surface area contributed by atoms with Gasteiger partial charge in [-0.3, -0.25) is 14.4 Å². The number of carbonyl (C=O) groups is 3. The van der Waals surface area contributed by atoms with Gasteiger partial charge in [0.05, 0.1) is 0 Å². The fourth-order valence-electron chi connectivity index (χ4n) is 9.27. The van der Waals surface area contributed by atoms with Crippen LogP contribution in [0.25, 0.3) is 0 Å². The number of ether oxygens (including phenoxy) is 3. The number of allylic oxidation sites excluding steroid dienone is 24. The number of esters is 3. The van der Waals surface area contributed by atoms with Gasteiger partial charge >= 0.3 is 17.9 Å². The van der Waals surface area contributed by atoms with Crippen molar-refractivity contribution in [2.24, 2.45) is 0 Å². The Morgan fingerprint density at radius 2 is 0.470 bits per heavy atom. The van der Waals surface area contributed by atoms with Gasteiger partial charge in [-0.2, -0.15) is 0 Å². The summed E-state index contributed by atoms with van der Waals surface area (Å²) < 4.78 is 17.0. The maximum Gasteiger partial charge on any atom is 0.306 e. The predicted molar refractivity (Wildman–Crippen MR) is 362 cm³/mol. The van der Waals surface area contributed by atoms with E-state index in [0.717, 1.165) is 161 Å². The molecule has 0 aliphatic rings. The van der Waals surface area contributed by atoms with E-state index >= 15 is 0 Å². The van der Waals surface area contributed by atoms with Crippen LogP contribution in [-0.4, -0.2) is 37.2 Å². The van der Waals surface area contributed by atoms with Gasteiger partial charge in [0.15, 0.2) is 6.10 Å². The van der Waals surface area contributed by atoms with Crippen molar-refractivity contribution in [2.75, 3.05) is 13.2 Å². The standard InChI is InChI=1S/C77H126O6/c1-4-7-10-13-16-19-22-25-28-30-32-34-35-36-37-38-39-40-41-43-44-46-49-52-55-58-61-64-67-70-76(79)82-73-74(72-81-75(78)69-66-63-60-57-54-51-48-27-24-21-18-15-12-9-6-3)83-77(80)71-68-65-62-59-56-53-50-47-45-42-33-31-29-26-23-20-17-14-11-8-5-2/h7-8,10-11,16-17,19-20,25-26,28-29,32-34,36-37,39-40,42-44,47,50,74H,4-6,9,12-15,18,21-24,27,30-31,35,38,41,45-46,48-49,51-73H2,1-3H3/b10-7-,11-8-,19-16-,20-17-,28-25-,29-26-,34-32-,37-36-,40-39-,42-33-,44-43-,50-47-. The first kappa shape index (κ1) is 78.3. The molecule has 0 saturated heterocycles. The van der Waals surface area contributed by atoms with E-state index in [-0.39, 0.29) is 31.1 Å². The zero-order valence-corrected chi connectivity index (χ0v) is 53.9. The Balaban J connectivity index is 4.41. The van der Waals surface area contributed by atoms with Crippen molar-refractivity contribution in [1.29, 1.82) is 0 Å². The molecule has 0 rings (SSSR count). The van der Waals surface area contributed by atoms with Gasteiger partial charge in [-0.15, -0.1) is 0 Å². The maximum absolute atomic E-state index is 12.9. The zero-order valence-electron chi connectivity index (χ0n) is 53.9. The highest BCUT2D eigenvalue weighted by atomic mass is 16.6. The molecule has 0 aliphatic heterocycles. The van der Waals surface area contributed by atoms with E-state index in [0.29, 0.717) is 19.3 Å². The normalized spacial score (nSPS) is 13.0. The summed E-state index contributed by atoms with van der Waals surface area (Å²) in [6.45, 7) is 6.41. The van der Waals surface area contributed by atoms with E-state index in [1.165, 1.54) is 103 Å². The summed E-state index contributed by atoms with van der Waals surface area (Å²) in [5.74, 6) is -0.916. The maximum atomic E-state index is 12.9. The molecule has 0 spiro atoms. The van der Waals surface area contributed by atoms with Gasteiger partial charge < -0.3 is 14.2 Å². The summed E-state index contributed by atoms with van der Waals surface area (Å²) in [5, 5.41) is 0. The van der Waals surface area contributed by atoms with Crippen LogP contribution >= 0.6 is 0 Å². The minimum absolute atomic E-state index is 0.0916. The van der Waals surface area contributed by atoms with Crippen molar-refractivity contribution < 1.29 is 28.6 Å². The lowest BCUT2D eigenvalue weighted by atomic mass is 10.0. The second kappa shape index (κ2) is 69.8. The summed E-state index contributed by atoms with van der Waals surface area (Å²) in [4.78, 5) is 38.4. The predicted octanol–water partition coefficient (Wildman–Crippen LogP) is 23.9. The fraction of sp³-hybridized carbons (Fsp3) is 0.649. The van der Waals surface area contributed by atoms with Crippen molar-refractivity contribution >= 4 is 17.9 Å². The smallest absolute Gasteiger partial charge is 0.306 e. The van der Waals surface area contributed by atoms with Crippen molar-refractivity contribution in [3.05, 3.63) is 146 Å². The molecule has 0 aliphatic carbocycles. The summed E-state index contributed by atoms with van der Waals surface area (Å²) >= 11 is 0. The number of hydrogen-bond donors (Lipinski definition) is 0. The second-order valence-corrected chi connectivity index (χ2v) is 22.3. The molecule has 0 heterocycles. The molecular weight excluding hydrogens is 1020 g/mol. The molecule has 0 saturated carbocycles. The minimum Gasteiger partial charge on any atom is -0.462 e. The highest BCUT2D eigenvalue weighted by molar-refractivity contribution is 5.71. The van der Waals surface area contributed by atoms with Gasteiger partial charge in [0.1, 0.15) is 13.2 Å². The van der Waals surface area contributed by atoms with Gasteiger partial charge in [0, 0.05) is 19.3 Å². The Hall–Kier alpha value is -4.71. The molecule has 6 nitrogen and oxygen atoms in total. The van der Waals surface area contributed by atoms with Crippen LogP contribution in [0.4, 0.5) is 0 Å². The van der Waals surface area contributed by atoms with E-state index in [1.54, 1.807) is 0 Å². The molecule has 0 aromatic rings. The Kier molecular flexibility index (Phi) is 65.8. The molecule has 0 bridgehead atoms. The fourth-order valence-corrected chi connectivity index (χ4v) is 9.27. The third-order valence-electron chi connectivity index (χ3n) is 14.3. The zero-order chi connectivity index (χ0) is 59.9. The van der Waals surface area contributed by atoms with Gasteiger partial charge in [-0.1, -0.05) is 308 Å². The molecule has 1 atom stereocenters. The first-order chi connectivity index (χ1) is 41.0. The van der Waals surface area contributed by atoms with Crippen LogP contribution in [0.5, 0.6) is 0 Å². The van der Waals surface area contributed by atoms with Crippen LogP contribution in [-0.2, 0) is 28.6 Å². The van der Waals surface area contributed by atoms with E-state index in [2.05, 4.69) is 167 Å². The van der Waals surface area contributed by atoms with Gasteiger partial charge in [0.2, 0.25) is 0 Å². The summed E-state index contributed by atoms with van der Waals surface area (Å²) in [6, 6.07) is 0. The lowest BCUT2D eigenvalue weighted by Crippen LogP contribution is -2.30. The lowest BCUT2D eigenvalue weighted by molar-refractivity contribution is -0.167. The van der Waals surface area contributed by atoms with Crippen LogP contribution in [0, 0.1) is 0 Å². The third kappa shape index (κ3) is 68.0. The number of carbonyl (C=O) groups excluding carboxylic acids is 3. The van der Waals surface area contributed by atoms with Crippen LogP contribution in [0.15, 0.2) is 146 Å². The topological polar surface area (TPSA) is 78.9 Å². The highest BCUT2D eigenvalue weighted by Crippen LogP contribution is 2.16. The monoisotopic (exact) mass is 1150 g/mol. The molecule has 0 radical (unpaired) electrons. The number of rotatable bonds is 61. The Morgan fingerprint density at radius 3 is 0.735 bits per heavy atom. The molecule has 1 unspecified atom stereocenters. The summed E-state index contributed by atoms with van der Waals surface area (Å²) in [5.41, 5.74) is 0. The van der Waals surface area contributed by atoms with E-state index in [1.807, 2.05) is 0 Å². The second-order valence-electron chi connectivity index (χ2n) is 22.3. The summed E-state index contributed by atoms with van der Waals surface area (Å²) in [6.07, 6.45) is 99.9. The molecule has 470 valence electrons. The number of hydrogen-bond acceptors (Lipinski definition) is 6. The first-order valence-electron chi connectivity index (χ1n) is 34.3. The van der Waals surface area contributed by atoms with Crippen LogP contribution < -0.4 is 0 Å². The molecule has 83 heavy (non-hydrogen) atoms. The largest absolute Gasteiger partial charge is 0.462 e. The average molecular weight is 1150 g/mol. The van der Waals surface area contributed by atoms with Gasteiger partial charge in [-0.05, 0) is 122 Å². The van der Waals surface area contributed by atoms with Crippen LogP contribution in [0.2, 0.25) is 0 Å². The van der Waals surface area contributed by atoms with Crippen molar-refractivity contribution in [2.45, 2.75) is 309 Å². The van der Waals surface area contributed by atoms with Crippen molar-refractivity contribution in [3.8, 4) is 0 Å². The first-order valence-corrected chi connectivity index (χ1v) is 34.3. The van der Waals surface area contributed by atoms with Crippen LogP contribution in [0.1, 0.15) is 303 Å². The molecule has 0 amide bonds. The molecule has 6 heteroatoms. The highest BCUT2D eigenvalue weighted by Gasteiger charge is 2.19. The average Bonchev–Trinajstić information content (AvgIpc) is 3.49. The van der Waals surface area contributed by atoms with Crippen molar-refractivity contribution in [1.82, 2.24) is 0 Å². The Morgan fingerprint density at radius 1 is 0.253 bits per heavy atom. The van der Waals surface area contributed by atoms with E-state index in [4.69, 9.17) is 14.2 Å². The molecule has 0 aromatic heterocycles. The Labute approximate surface area is 512 Å². The van der Waals surface area contributed by atoms with Crippen molar-refractivity contribution in [3.63, 3.8) is 0 Å².